The van der Waals surface area contributed by atoms with Crippen LogP contribution >= 0.6 is 0 Å². The van der Waals surface area contributed by atoms with Crippen molar-refractivity contribution in [3.05, 3.63) is 35.9 Å². The van der Waals surface area contributed by atoms with Gasteiger partial charge in [-0.1, -0.05) is 30.3 Å². The standard InChI is InChI=1S/C22H31N3O10/c23-21(32)13(8-11-4-2-1-3-5-11)24-10-15-19(30)20(31)18(29)14(35-15)9-16(26)25-12(22(33)34)6-7-17(27)28/h1-5,12-15,18-20,24,29-31H,6-10H2,(H2,23,32)(H,25,26)(H,27,28)(H,33,34)/t12-,13-,14?,15?,18?,19?,20?/m0/s1. The van der Waals surface area contributed by atoms with E-state index in [1.165, 1.54) is 0 Å². The topological polar surface area (TPSA) is 229 Å². The molecule has 35 heavy (non-hydrogen) atoms. The van der Waals surface area contributed by atoms with E-state index < -0.39 is 79.2 Å². The van der Waals surface area contributed by atoms with Crippen LogP contribution in [0.4, 0.5) is 0 Å². The molecule has 194 valence electrons. The molecule has 1 fully saturated rings. The van der Waals surface area contributed by atoms with E-state index in [-0.39, 0.29) is 19.4 Å². The molecule has 1 aromatic rings. The van der Waals surface area contributed by atoms with Crippen LogP contribution in [0.3, 0.4) is 0 Å². The largest absolute Gasteiger partial charge is 0.481 e. The summed E-state index contributed by atoms with van der Waals surface area (Å²) in [5.74, 6) is -4.18. The van der Waals surface area contributed by atoms with E-state index in [9.17, 15) is 39.6 Å². The molecule has 9 N–H and O–H groups in total. The number of hydrogen-bond acceptors (Lipinski definition) is 9. The highest BCUT2D eigenvalue weighted by Gasteiger charge is 2.44. The molecule has 13 heteroatoms. The van der Waals surface area contributed by atoms with Crippen molar-refractivity contribution in [3.63, 3.8) is 0 Å². The van der Waals surface area contributed by atoms with Gasteiger partial charge in [0.25, 0.3) is 0 Å². The molecule has 2 amide bonds. The number of carboxylic acids is 2. The van der Waals surface area contributed by atoms with Crippen molar-refractivity contribution in [1.82, 2.24) is 10.6 Å². The molecule has 7 atom stereocenters. The molecule has 1 aliphatic heterocycles. The van der Waals surface area contributed by atoms with E-state index in [0.717, 1.165) is 5.56 Å². The maximum Gasteiger partial charge on any atom is 0.326 e. The normalized spacial score (nSPS) is 25.9. The summed E-state index contributed by atoms with van der Waals surface area (Å²) in [6.07, 6.45) is -8.49. The Hall–Kier alpha value is -3.10. The fourth-order valence-electron chi connectivity index (χ4n) is 3.71. The van der Waals surface area contributed by atoms with Crippen LogP contribution in [0.15, 0.2) is 30.3 Å². The fourth-order valence-corrected chi connectivity index (χ4v) is 3.71. The average Bonchev–Trinajstić information content (AvgIpc) is 2.80. The molecule has 13 nitrogen and oxygen atoms in total. The van der Waals surface area contributed by atoms with E-state index in [0.29, 0.717) is 0 Å². The Labute approximate surface area is 200 Å². The highest BCUT2D eigenvalue weighted by Crippen LogP contribution is 2.23. The minimum absolute atomic E-state index is 0.153. The highest BCUT2D eigenvalue weighted by atomic mass is 16.5. The summed E-state index contributed by atoms with van der Waals surface area (Å²) in [6, 6.07) is 6.72. The molecule has 1 saturated heterocycles. The van der Waals surface area contributed by atoms with Gasteiger partial charge < -0.3 is 46.6 Å². The summed E-state index contributed by atoms with van der Waals surface area (Å²) in [6.45, 7) is -0.153. The quantitative estimate of drug-likeness (QED) is 0.140. The van der Waals surface area contributed by atoms with Gasteiger partial charge in [-0.15, -0.1) is 0 Å². The third-order valence-electron chi connectivity index (χ3n) is 5.67. The number of aliphatic carboxylic acids is 2. The van der Waals surface area contributed by atoms with Crippen LogP contribution in [-0.4, -0.2) is 98.4 Å². The SMILES string of the molecule is NC(=O)[C@H](Cc1ccccc1)NCC1OC(CC(=O)N[C@@H](CCC(=O)O)C(=O)O)C(O)C(O)C1O. The van der Waals surface area contributed by atoms with Crippen molar-refractivity contribution in [1.29, 1.82) is 0 Å². The zero-order valence-electron chi connectivity index (χ0n) is 18.8. The number of aliphatic hydroxyl groups excluding tert-OH is 3. The lowest BCUT2D eigenvalue weighted by Gasteiger charge is -2.41. The second kappa shape index (κ2) is 13.1. The fraction of sp³-hybridized carbons (Fsp3) is 0.545. The number of nitrogens with two attached hydrogens (primary N) is 1. The molecule has 1 aliphatic rings. The van der Waals surface area contributed by atoms with Crippen molar-refractivity contribution in [2.24, 2.45) is 5.73 Å². The van der Waals surface area contributed by atoms with Crippen LogP contribution in [0.1, 0.15) is 24.8 Å². The molecular formula is C22H31N3O10. The Bertz CT molecular complexity index is 883. The summed E-state index contributed by atoms with van der Waals surface area (Å²) >= 11 is 0. The summed E-state index contributed by atoms with van der Waals surface area (Å²) in [5, 5.41) is 53.7. The van der Waals surface area contributed by atoms with Crippen LogP contribution in [0.25, 0.3) is 0 Å². The molecule has 2 rings (SSSR count). The lowest BCUT2D eigenvalue weighted by Crippen LogP contribution is -2.61. The summed E-state index contributed by atoms with van der Waals surface area (Å²) < 4.78 is 5.60. The maximum absolute atomic E-state index is 12.3. The first-order valence-corrected chi connectivity index (χ1v) is 11.0. The Kier molecular flexibility index (Phi) is 10.5. The van der Waals surface area contributed by atoms with Gasteiger partial charge in [0.05, 0.1) is 24.7 Å². The zero-order chi connectivity index (χ0) is 26.1. The Morgan fingerprint density at radius 2 is 1.57 bits per heavy atom. The minimum Gasteiger partial charge on any atom is -0.481 e. The van der Waals surface area contributed by atoms with Gasteiger partial charge in [0, 0.05) is 13.0 Å². The molecule has 0 aliphatic carbocycles. The molecule has 1 aromatic carbocycles. The van der Waals surface area contributed by atoms with Gasteiger partial charge in [0.2, 0.25) is 11.8 Å². The number of benzene rings is 1. The van der Waals surface area contributed by atoms with Crippen LogP contribution in [0.5, 0.6) is 0 Å². The number of ether oxygens (including phenoxy) is 1. The molecule has 5 unspecified atom stereocenters. The predicted molar refractivity (Wildman–Crippen MR) is 119 cm³/mol. The Morgan fingerprint density at radius 3 is 2.14 bits per heavy atom. The van der Waals surface area contributed by atoms with Crippen molar-refractivity contribution < 1.29 is 49.4 Å². The number of nitrogens with one attached hydrogen (secondary N) is 2. The lowest BCUT2D eigenvalue weighted by atomic mass is 9.92. The maximum atomic E-state index is 12.3. The van der Waals surface area contributed by atoms with E-state index in [4.69, 9.17) is 15.6 Å². The molecule has 0 aromatic heterocycles. The van der Waals surface area contributed by atoms with Gasteiger partial charge >= 0.3 is 11.9 Å². The average molecular weight is 498 g/mol. The third kappa shape index (κ3) is 8.56. The number of carbonyl (C=O) groups is 4. The molecule has 0 bridgehead atoms. The minimum atomic E-state index is -1.68. The number of carbonyl (C=O) groups excluding carboxylic acids is 2. The van der Waals surface area contributed by atoms with E-state index in [2.05, 4.69) is 10.6 Å². The van der Waals surface area contributed by atoms with Crippen molar-refractivity contribution in [2.75, 3.05) is 6.54 Å². The predicted octanol–water partition coefficient (Wildman–Crippen LogP) is -2.65. The van der Waals surface area contributed by atoms with Crippen LogP contribution in [0.2, 0.25) is 0 Å². The van der Waals surface area contributed by atoms with Gasteiger partial charge in [-0.05, 0) is 18.4 Å². The summed E-state index contributed by atoms with van der Waals surface area (Å²) in [5.41, 5.74) is 6.29. The van der Waals surface area contributed by atoms with Gasteiger partial charge in [0.15, 0.2) is 0 Å². The third-order valence-corrected chi connectivity index (χ3v) is 5.67. The van der Waals surface area contributed by atoms with Crippen LogP contribution in [0, 0.1) is 0 Å². The molecular weight excluding hydrogens is 466 g/mol. The van der Waals surface area contributed by atoms with Crippen molar-refractivity contribution in [2.45, 2.75) is 68.3 Å². The van der Waals surface area contributed by atoms with Crippen LogP contribution < -0.4 is 16.4 Å². The smallest absolute Gasteiger partial charge is 0.326 e. The number of carboxylic acid groups (broad SMARTS) is 2. The molecule has 1 heterocycles. The lowest BCUT2D eigenvalue weighted by molar-refractivity contribution is -0.221. The molecule has 0 spiro atoms. The zero-order valence-corrected chi connectivity index (χ0v) is 18.8. The summed E-state index contributed by atoms with van der Waals surface area (Å²) in [4.78, 5) is 46.2. The Balaban J connectivity index is 1.99. The number of hydrogen-bond donors (Lipinski definition) is 8. The van der Waals surface area contributed by atoms with E-state index in [1.807, 2.05) is 6.07 Å². The highest BCUT2D eigenvalue weighted by molar-refractivity contribution is 5.84. The summed E-state index contributed by atoms with van der Waals surface area (Å²) in [7, 11) is 0. The van der Waals surface area contributed by atoms with Crippen molar-refractivity contribution >= 4 is 23.8 Å². The first kappa shape index (κ1) is 28.1. The van der Waals surface area contributed by atoms with Crippen molar-refractivity contribution in [3.8, 4) is 0 Å². The first-order valence-electron chi connectivity index (χ1n) is 11.0. The second-order valence-corrected chi connectivity index (χ2v) is 8.33. The number of aliphatic hydroxyl groups is 3. The van der Waals surface area contributed by atoms with Gasteiger partial charge in [-0.25, -0.2) is 4.79 Å². The number of amides is 2. The molecule has 0 radical (unpaired) electrons. The monoisotopic (exact) mass is 497 g/mol. The van der Waals surface area contributed by atoms with E-state index in [1.54, 1.807) is 24.3 Å². The second-order valence-electron chi connectivity index (χ2n) is 8.33. The first-order chi connectivity index (χ1) is 16.5. The van der Waals surface area contributed by atoms with Gasteiger partial charge in [-0.2, -0.15) is 0 Å². The number of rotatable bonds is 13. The van der Waals surface area contributed by atoms with Gasteiger partial charge in [0.1, 0.15) is 24.4 Å². The Morgan fingerprint density at radius 1 is 0.943 bits per heavy atom. The van der Waals surface area contributed by atoms with E-state index >= 15 is 0 Å². The molecule has 0 saturated carbocycles. The van der Waals surface area contributed by atoms with Crippen LogP contribution in [-0.2, 0) is 30.3 Å². The van der Waals surface area contributed by atoms with Gasteiger partial charge in [-0.3, -0.25) is 14.4 Å². The number of primary amides is 1.